The Labute approximate surface area is 112 Å². The Balaban J connectivity index is 1.92. The first-order valence-corrected chi connectivity index (χ1v) is 6.70. The second-order valence-electron chi connectivity index (χ2n) is 5.21. The highest BCUT2D eigenvalue weighted by Crippen LogP contribution is 2.26. The summed E-state index contributed by atoms with van der Waals surface area (Å²) in [6, 6.07) is 1.14. The number of aliphatic hydroxyl groups is 1. The van der Waals surface area contributed by atoms with Gasteiger partial charge in [0.15, 0.2) is 0 Å². The molecule has 1 heterocycles. The minimum absolute atomic E-state index is 0.178. The molecule has 1 aromatic rings. The molecule has 0 aromatic carbocycles. The smallest absolute Gasteiger partial charge is 0.253 e. The van der Waals surface area contributed by atoms with Gasteiger partial charge >= 0.3 is 0 Å². The number of hydrogen-bond acceptors (Lipinski definition) is 3. The van der Waals surface area contributed by atoms with E-state index >= 15 is 0 Å². The van der Waals surface area contributed by atoms with Crippen LogP contribution in [0.2, 0.25) is 0 Å². The molecule has 0 saturated heterocycles. The van der Waals surface area contributed by atoms with Crippen LogP contribution in [0.5, 0.6) is 0 Å². The average Bonchev–Trinajstić information content (AvgIpc) is 2.61. The number of carbonyl (C=O) groups is 1. The summed E-state index contributed by atoms with van der Waals surface area (Å²) in [5.74, 6) is -0.939. The summed E-state index contributed by atoms with van der Waals surface area (Å²) in [4.78, 5) is 15.5. The first-order chi connectivity index (χ1) is 9.09. The van der Waals surface area contributed by atoms with Gasteiger partial charge < -0.3 is 10.4 Å². The van der Waals surface area contributed by atoms with E-state index in [1.807, 2.05) is 0 Å². The Morgan fingerprint density at radius 1 is 1.32 bits per heavy atom. The van der Waals surface area contributed by atoms with E-state index in [4.69, 9.17) is 0 Å². The molecule has 0 bridgehead atoms. The zero-order valence-electron chi connectivity index (χ0n) is 10.9. The van der Waals surface area contributed by atoms with E-state index in [2.05, 4.69) is 10.3 Å². The maximum Gasteiger partial charge on any atom is 0.253 e. The van der Waals surface area contributed by atoms with Crippen molar-refractivity contribution in [3.8, 4) is 0 Å². The molecule has 2 N–H and O–H groups in total. The normalized spacial score (nSPS) is 18.6. The highest BCUT2D eigenvalue weighted by Gasteiger charge is 2.28. The highest BCUT2D eigenvalue weighted by atomic mass is 19.1. The van der Waals surface area contributed by atoms with E-state index in [0.29, 0.717) is 12.8 Å². The van der Waals surface area contributed by atoms with Crippen molar-refractivity contribution < 1.29 is 14.3 Å². The third-order valence-electron chi connectivity index (χ3n) is 3.58. The van der Waals surface area contributed by atoms with Gasteiger partial charge in [-0.3, -0.25) is 9.78 Å². The minimum Gasteiger partial charge on any atom is -0.388 e. The SMILES string of the molecule is O=C(NCC1(O)CCCCCC1)c1cncc(F)c1. The molecule has 1 amide bonds. The van der Waals surface area contributed by atoms with Crippen LogP contribution >= 0.6 is 0 Å². The number of nitrogens with zero attached hydrogens (tertiary/aromatic N) is 1. The number of carbonyl (C=O) groups excluding carboxylic acids is 1. The summed E-state index contributed by atoms with van der Waals surface area (Å²) in [5.41, 5.74) is -0.648. The van der Waals surface area contributed by atoms with Crippen molar-refractivity contribution in [1.82, 2.24) is 10.3 Å². The van der Waals surface area contributed by atoms with Crippen LogP contribution < -0.4 is 5.32 Å². The van der Waals surface area contributed by atoms with E-state index in [1.54, 1.807) is 0 Å². The predicted octanol–water partition coefficient (Wildman–Crippen LogP) is 2.04. The summed E-state index contributed by atoms with van der Waals surface area (Å²) in [7, 11) is 0. The molecule has 1 aromatic heterocycles. The predicted molar refractivity (Wildman–Crippen MR) is 69.2 cm³/mol. The van der Waals surface area contributed by atoms with E-state index in [1.165, 1.54) is 6.20 Å². The number of amides is 1. The molecule has 0 unspecified atom stereocenters. The topological polar surface area (TPSA) is 62.2 Å². The van der Waals surface area contributed by atoms with Crippen LogP contribution in [0.25, 0.3) is 0 Å². The van der Waals surface area contributed by atoms with E-state index in [0.717, 1.165) is 37.9 Å². The van der Waals surface area contributed by atoms with E-state index in [9.17, 15) is 14.3 Å². The van der Waals surface area contributed by atoms with E-state index < -0.39 is 17.3 Å². The van der Waals surface area contributed by atoms with Crippen LogP contribution in [0.3, 0.4) is 0 Å². The Kier molecular flexibility index (Phi) is 4.47. The van der Waals surface area contributed by atoms with Gasteiger partial charge in [0.05, 0.1) is 17.4 Å². The van der Waals surface area contributed by atoms with E-state index in [-0.39, 0.29) is 12.1 Å². The fourth-order valence-electron chi connectivity index (χ4n) is 2.45. The molecule has 2 rings (SSSR count). The van der Waals surface area contributed by atoms with Crippen molar-refractivity contribution in [3.63, 3.8) is 0 Å². The molecule has 1 fully saturated rings. The van der Waals surface area contributed by atoms with Crippen molar-refractivity contribution in [2.75, 3.05) is 6.54 Å². The molecule has 104 valence electrons. The molecular formula is C14H19FN2O2. The minimum atomic E-state index is -0.826. The molecular weight excluding hydrogens is 247 g/mol. The van der Waals surface area contributed by atoms with Crippen molar-refractivity contribution in [2.24, 2.45) is 0 Å². The Bertz CT molecular complexity index is 443. The number of rotatable bonds is 3. The van der Waals surface area contributed by atoms with Crippen LogP contribution in [0, 0.1) is 5.82 Å². The number of pyridine rings is 1. The quantitative estimate of drug-likeness (QED) is 0.823. The molecule has 0 spiro atoms. The van der Waals surface area contributed by atoms with Crippen LogP contribution in [0.1, 0.15) is 48.9 Å². The third-order valence-corrected chi connectivity index (χ3v) is 3.58. The molecule has 1 aliphatic rings. The largest absolute Gasteiger partial charge is 0.388 e. The summed E-state index contributed by atoms with van der Waals surface area (Å²) < 4.78 is 13.0. The second kappa shape index (κ2) is 6.10. The number of aromatic nitrogens is 1. The van der Waals surface area contributed by atoms with Crippen LogP contribution in [-0.4, -0.2) is 28.1 Å². The second-order valence-corrected chi connectivity index (χ2v) is 5.21. The van der Waals surface area contributed by atoms with Crippen molar-refractivity contribution in [2.45, 2.75) is 44.1 Å². The molecule has 0 aliphatic heterocycles. The van der Waals surface area contributed by atoms with Gasteiger partial charge in [-0.15, -0.1) is 0 Å². The summed E-state index contributed by atoms with van der Waals surface area (Å²) in [6.07, 6.45) is 7.99. The first kappa shape index (κ1) is 13.9. The van der Waals surface area contributed by atoms with Gasteiger partial charge in [-0.2, -0.15) is 0 Å². The Hall–Kier alpha value is -1.49. The molecule has 5 heteroatoms. The van der Waals surface area contributed by atoms with Gasteiger partial charge in [-0.05, 0) is 18.9 Å². The zero-order chi connectivity index (χ0) is 13.7. The van der Waals surface area contributed by atoms with Crippen molar-refractivity contribution >= 4 is 5.91 Å². The molecule has 19 heavy (non-hydrogen) atoms. The lowest BCUT2D eigenvalue weighted by Gasteiger charge is -2.26. The maximum atomic E-state index is 13.0. The molecule has 1 aliphatic carbocycles. The molecule has 0 radical (unpaired) electrons. The van der Waals surface area contributed by atoms with Gasteiger partial charge in [-0.25, -0.2) is 4.39 Å². The van der Waals surface area contributed by atoms with Crippen LogP contribution in [-0.2, 0) is 0 Å². The van der Waals surface area contributed by atoms with Gasteiger partial charge in [-0.1, -0.05) is 25.7 Å². The highest BCUT2D eigenvalue weighted by molar-refractivity contribution is 5.93. The number of hydrogen-bond donors (Lipinski definition) is 2. The number of nitrogens with one attached hydrogen (secondary N) is 1. The van der Waals surface area contributed by atoms with Gasteiger partial charge in [0, 0.05) is 12.7 Å². The van der Waals surface area contributed by atoms with Crippen LogP contribution in [0.4, 0.5) is 4.39 Å². The zero-order valence-corrected chi connectivity index (χ0v) is 10.9. The average molecular weight is 266 g/mol. The van der Waals surface area contributed by atoms with Crippen molar-refractivity contribution in [1.29, 1.82) is 0 Å². The maximum absolute atomic E-state index is 13.0. The summed E-state index contributed by atoms with van der Waals surface area (Å²) in [5, 5.41) is 13.1. The third kappa shape index (κ3) is 3.99. The van der Waals surface area contributed by atoms with Gasteiger partial charge in [0.1, 0.15) is 5.82 Å². The standard InChI is InChI=1S/C14H19FN2O2/c15-12-7-11(8-16-9-12)13(18)17-10-14(19)5-3-1-2-4-6-14/h7-9,19H,1-6,10H2,(H,17,18). The Morgan fingerprint density at radius 2 is 2.00 bits per heavy atom. The van der Waals surface area contributed by atoms with Gasteiger partial charge in [0.2, 0.25) is 0 Å². The fraction of sp³-hybridized carbons (Fsp3) is 0.571. The monoisotopic (exact) mass is 266 g/mol. The van der Waals surface area contributed by atoms with Gasteiger partial charge in [0.25, 0.3) is 5.91 Å². The lowest BCUT2D eigenvalue weighted by molar-refractivity contribution is 0.0246. The Morgan fingerprint density at radius 3 is 2.63 bits per heavy atom. The first-order valence-electron chi connectivity index (χ1n) is 6.70. The molecule has 4 nitrogen and oxygen atoms in total. The lowest BCUT2D eigenvalue weighted by Crippen LogP contribution is -2.42. The van der Waals surface area contributed by atoms with Crippen molar-refractivity contribution in [3.05, 3.63) is 29.8 Å². The molecule has 1 saturated carbocycles. The fourth-order valence-corrected chi connectivity index (χ4v) is 2.45. The number of halogens is 1. The summed E-state index contributed by atoms with van der Waals surface area (Å²) in [6.45, 7) is 0.211. The lowest BCUT2D eigenvalue weighted by atomic mass is 9.94. The summed E-state index contributed by atoms with van der Waals surface area (Å²) >= 11 is 0. The molecule has 0 atom stereocenters. The van der Waals surface area contributed by atoms with Crippen LogP contribution in [0.15, 0.2) is 18.5 Å².